The summed E-state index contributed by atoms with van der Waals surface area (Å²) in [5.74, 6) is -0.762. The van der Waals surface area contributed by atoms with E-state index in [2.05, 4.69) is 21.5 Å². The normalized spacial score (nSPS) is 17.3. The number of ether oxygens (including phenoxy) is 2. The Labute approximate surface area is 339 Å². The number of nitrogens with two attached hydrogens (primary N) is 1. The molecule has 4 aromatic carbocycles. The first-order valence-corrected chi connectivity index (χ1v) is 19.4. The van der Waals surface area contributed by atoms with Gasteiger partial charge in [0.15, 0.2) is 0 Å². The number of aliphatic imine (C=N–C) groups is 1. The van der Waals surface area contributed by atoms with Gasteiger partial charge in [-0.3, -0.25) is 39.4 Å². The maximum atomic E-state index is 13.3. The number of carbonyl (C=O) groups excluding carboxylic acids is 4. The molecular formula is C46H40N6O7. The molecule has 3 aliphatic rings. The third-order valence-corrected chi connectivity index (χ3v) is 10.6. The maximum Gasteiger partial charge on any atom is 0.262 e. The van der Waals surface area contributed by atoms with E-state index in [9.17, 15) is 24.4 Å². The zero-order valence-corrected chi connectivity index (χ0v) is 32.0. The SMILES string of the molecule is NC(=C(C=Nc1ccc(OCCCCOc2cccc(-c3ccc4c(c3)C(=O)N(C3CCC(=O)NC3=O)C4=O)c2)cc1)c1ccc2c(c1)CC/C2=N\O)c1ccncc1. The molecule has 1 atom stereocenters. The van der Waals surface area contributed by atoms with Gasteiger partial charge in [-0.15, -0.1) is 0 Å². The van der Waals surface area contributed by atoms with E-state index in [4.69, 9.17) is 20.2 Å². The number of hydrogen-bond acceptors (Lipinski definition) is 11. The average molecular weight is 789 g/mol. The van der Waals surface area contributed by atoms with Gasteiger partial charge in [0, 0.05) is 47.4 Å². The van der Waals surface area contributed by atoms with Crippen LogP contribution in [0.1, 0.15) is 75.1 Å². The summed E-state index contributed by atoms with van der Waals surface area (Å²) in [4.78, 5) is 60.2. The second kappa shape index (κ2) is 17.0. The third-order valence-electron chi connectivity index (χ3n) is 10.6. The molecule has 5 aromatic rings. The Morgan fingerprint density at radius 3 is 2.27 bits per heavy atom. The molecule has 13 heteroatoms. The molecular weight excluding hydrogens is 749 g/mol. The van der Waals surface area contributed by atoms with Gasteiger partial charge in [0.1, 0.15) is 17.5 Å². The zero-order valence-electron chi connectivity index (χ0n) is 32.0. The average Bonchev–Trinajstić information content (AvgIpc) is 3.79. The van der Waals surface area contributed by atoms with Crippen LogP contribution < -0.4 is 20.5 Å². The predicted octanol–water partition coefficient (Wildman–Crippen LogP) is 6.74. The number of fused-ring (bicyclic) bond motifs is 2. The van der Waals surface area contributed by atoms with E-state index in [0.29, 0.717) is 36.8 Å². The number of benzene rings is 4. The Bertz CT molecular complexity index is 2550. The third kappa shape index (κ3) is 8.21. The summed E-state index contributed by atoms with van der Waals surface area (Å²) in [7, 11) is 0. The number of allylic oxidation sites excluding steroid dienone is 1. The molecule has 0 bridgehead atoms. The fraction of sp³-hybridized carbons (Fsp3) is 0.196. The van der Waals surface area contributed by atoms with E-state index >= 15 is 0 Å². The van der Waals surface area contributed by atoms with Crippen LogP contribution in [0.15, 0.2) is 120 Å². The number of oxime groups is 1. The lowest BCUT2D eigenvalue weighted by molar-refractivity contribution is -0.136. The van der Waals surface area contributed by atoms with Crippen LogP contribution >= 0.6 is 0 Å². The molecule has 13 nitrogen and oxygen atoms in total. The van der Waals surface area contributed by atoms with Crippen LogP contribution in [-0.2, 0) is 16.0 Å². The molecule has 0 spiro atoms. The fourth-order valence-corrected chi connectivity index (χ4v) is 7.50. The Morgan fingerprint density at radius 2 is 1.51 bits per heavy atom. The first kappa shape index (κ1) is 38.5. The molecule has 2 aliphatic heterocycles. The summed E-state index contributed by atoms with van der Waals surface area (Å²) in [5.41, 5.74) is 15.2. The minimum Gasteiger partial charge on any atom is -0.494 e. The van der Waals surface area contributed by atoms with Crippen LogP contribution in [0.5, 0.6) is 11.5 Å². The minimum atomic E-state index is -1.01. The topological polar surface area (TPSA) is 186 Å². The van der Waals surface area contributed by atoms with Crippen LogP contribution in [0.4, 0.5) is 5.69 Å². The van der Waals surface area contributed by atoms with Gasteiger partial charge in [0.05, 0.1) is 35.7 Å². The molecule has 3 heterocycles. The smallest absolute Gasteiger partial charge is 0.262 e. The number of nitrogens with zero attached hydrogens (tertiary/aromatic N) is 4. The van der Waals surface area contributed by atoms with Crippen LogP contribution in [0.25, 0.3) is 22.4 Å². The number of rotatable bonds is 13. The Kier molecular flexibility index (Phi) is 11.1. The molecule has 1 unspecified atom stereocenters. The lowest BCUT2D eigenvalue weighted by atomic mass is 9.97. The molecule has 1 aromatic heterocycles. The molecule has 1 fully saturated rings. The summed E-state index contributed by atoms with van der Waals surface area (Å²) in [5, 5.41) is 15.0. The maximum absolute atomic E-state index is 13.3. The molecule has 4 N–H and O–H groups in total. The Morgan fingerprint density at radius 1 is 0.780 bits per heavy atom. The number of carbonyl (C=O) groups is 4. The van der Waals surface area contributed by atoms with Crippen molar-refractivity contribution in [2.24, 2.45) is 15.9 Å². The highest BCUT2D eigenvalue weighted by molar-refractivity contribution is 6.24. The largest absolute Gasteiger partial charge is 0.494 e. The van der Waals surface area contributed by atoms with Crippen LogP contribution in [-0.4, -0.2) is 69.9 Å². The molecule has 0 saturated carbocycles. The Hall–Kier alpha value is -7.41. The first-order valence-electron chi connectivity index (χ1n) is 19.4. The Balaban J connectivity index is 0.836. The molecule has 296 valence electrons. The van der Waals surface area contributed by atoms with Gasteiger partial charge in [-0.1, -0.05) is 41.6 Å². The lowest BCUT2D eigenvalue weighted by Crippen LogP contribution is -2.54. The van der Waals surface area contributed by atoms with Crippen molar-refractivity contribution in [1.29, 1.82) is 0 Å². The fourth-order valence-electron chi connectivity index (χ4n) is 7.50. The second-order valence-corrected chi connectivity index (χ2v) is 14.4. The van der Waals surface area contributed by atoms with Crippen molar-refractivity contribution >= 4 is 52.5 Å². The number of hydrogen-bond donors (Lipinski definition) is 3. The van der Waals surface area contributed by atoms with E-state index in [0.717, 1.165) is 74.6 Å². The number of unbranched alkanes of at least 4 members (excludes halogenated alkanes) is 1. The quantitative estimate of drug-likeness (QED) is 0.0382. The van der Waals surface area contributed by atoms with Gasteiger partial charge in [0.25, 0.3) is 11.8 Å². The van der Waals surface area contributed by atoms with E-state index < -0.39 is 29.7 Å². The highest BCUT2D eigenvalue weighted by atomic mass is 16.5. The highest BCUT2D eigenvalue weighted by Crippen LogP contribution is 2.33. The van der Waals surface area contributed by atoms with Crippen molar-refractivity contribution in [1.82, 2.24) is 15.2 Å². The standard InChI is InChI=1S/C46H40N6O7/c47-43(28-18-20-48-21-19-28)39(32-7-13-36-31(24-32)8-15-40(36)51-57)27-49-33-9-11-34(12-10-33)58-22-1-2-23-59-35-5-3-4-29(25-35)30-6-14-37-38(26-30)46(56)52(45(37)55)41-16-17-42(53)50-44(41)54/h3-7,9-14,18-21,24-27,41,57H,1-2,8,15-17,22-23,47H2,(H,50,53,54)/b43-39?,49-27?,51-40+. The number of piperidine rings is 1. The molecule has 1 aliphatic carbocycles. The van der Waals surface area contributed by atoms with Crippen molar-refractivity contribution in [3.63, 3.8) is 0 Å². The lowest BCUT2D eigenvalue weighted by Gasteiger charge is -2.27. The first-order chi connectivity index (χ1) is 28.8. The van der Waals surface area contributed by atoms with E-state index in [1.165, 1.54) is 0 Å². The van der Waals surface area contributed by atoms with E-state index in [1.54, 1.807) is 36.8 Å². The molecule has 8 rings (SSSR count). The molecule has 4 amide bonds. The number of aryl methyl sites for hydroxylation is 1. The number of pyridine rings is 1. The van der Waals surface area contributed by atoms with Crippen molar-refractivity contribution in [2.45, 2.75) is 44.6 Å². The minimum absolute atomic E-state index is 0.0636. The number of amides is 4. The van der Waals surface area contributed by atoms with E-state index in [-0.39, 0.29) is 24.0 Å². The summed E-state index contributed by atoms with van der Waals surface area (Å²) in [6.07, 6.45) is 8.33. The van der Waals surface area contributed by atoms with Gasteiger partial charge < -0.3 is 20.4 Å². The summed E-state index contributed by atoms with van der Waals surface area (Å²) < 4.78 is 12.0. The highest BCUT2D eigenvalue weighted by Gasteiger charge is 2.44. The van der Waals surface area contributed by atoms with Crippen molar-refractivity contribution in [3.05, 3.63) is 143 Å². The second-order valence-electron chi connectivity index (χ2n) is 14.4. The van der Waals surface area contributed by atoms with Crippen molar-refractivity contribution < 1.29 is 33.9 Å². The van der Waals surface area contributed by atoms with Gasteiger partial charge >= 0.3 is 0 Å². The van der Waals surface area contributed by atoms with Gasteiger partial charge in [-0.05, 0) is 115 Å². The van der Waals surface area contributed by atoms with Crippen molar-refractivity contribution in [3.8, 4) is 22.6 Å². The monoisotopic (exact) mass is 788 g/mol. The predicted molar refractivity (Wildman–Crippen MR) is 222 cm³/mol. The van der Waals surface area contributed by atoms with Crippen LogP contribution in [0.2, 0.25) is 0 Å². The van der Waals surface area contributed by atoms with Crippen LogP contribution in [0.3, 0.4) is 0 Å². The number of aromatic nitrogens is 1. The van der Waals surface area contributed by atoms with E-state index in [1.807, 2.05) is 72.8 Å². The molecule has 59 heavy (non-hydrogen) atoms. The number of nitrogens with one attached hydrogen (secondary N) is 1. The van der Waals surface area contributed by atoms with Gasteiger partial charge in [-0.2, -0.15) is 0 Å². The van der Waals surface area contributed by atoms with Crippen LogP contribution in [0, 0.1) is 0 Å². The van der Waals surface area contributed by atoms with Gasteiger partial charge in [-0.25, -0.2) is 0 Å². The summed E-state index contributed by atoms with van der Waals surface area (Å²) >= 11 is 0. The van der Waals surface area contributed by atoms with Crippen molar-refractivity contribution in [2.75, 3.05) is 13.2 Å². The molecule has 1 saturated heterocycles. The van der Waals surface area contributed by atoms with Gasteiger partial charge in [0.2, 0.25) is 11.8 Å². The zero-order chi connectivity index (χ0) is 40.9. The molecule has 0 radical (unpaired) electrons. The summed E-state index contributed by atoms with van der Waals surface area (Å²) in [6.45, 7) is 0.970. The summed E-state index contributed by atoms with van der Waals surface area (Å²) in [6, 6.07) is 28.8. The number of imide groups is 2.